The molecule has 3 rings (SSSR count). The van der Waals surface area contributed by atoms with Crippen molar-refractivity contribution in [3.63, 3.8) is 0 Å². The van der Waals surface area contributed by atoms with Gasteiger partial charge in [0.1, 0.15) is 0 Å². The van der Waals surface area contributed by atoms with Crippen LogP contribution in [0, 0.1) is 13.3 Å². The first kappa shape index (κ1) is 32.7. The molecule has 1 saturated heterocycles. The summed E-state index contributed by atoms with van der Waals surface area (Å²) >= 11 is 0. The Morgan fingerprint density at radius 3 is 2.06 bits per heavy atom. The van der Waals surface area contributed by atoms with E-state index in [1.165, 1.54) is 77.4 Å². The number of piperidine rings is 1. The zero-order valence-corrected chi connectivity index (χ0v) is 25.8. The molecule has 3 nitrogen and oxygen atoms in total. The fourth-order valence-electron chi connectivity index (χ4n) is 3.94. The summed E-state index contributed by atoms with van der Waals surface area (Å²) in [6.45, 7) is 7.83. The van der Waals surface area contributed by atoms with Crippen LogP contribution < -0.4 is 5.32 Å². The van der Waals surface area contributed by atoms with E-state index in [4.69, 9.17) is 0 Å². The summed E-state index contributed by atoms with van der Waals surface area (Å²) < 4.78 is 0. The van der Waals surface area contributed by atoms with Gasteiger partial charge in [0.25, 0.3) is 0 Å². The molecule has 0 atom stereocenters. The summed E-state index contributed by atoms with van der Waals surface area (Å²) in [6, 6.07) is 17.6. The molecule has 0 spiro atoms. The molecule has 2 aromatic carbocycles. The number of unbranched alkanes of at least 4 members (excludes halogenated alkanes) is 7. The van der Waals surface area contributed by atoms with E-state index in [-0.39, 0.29) is 53.8 Å². The normalized spacial score (nSPS) is 13.0. The number of hydrogen-bond acceptors (Lipinski definition) is 2. The number of rotatable bonds is 12. The molecule has 177 valence electrons. The summed E-state index contributed by atoms with van der Waals surface area (Å²) in [7, 11) is 0. The number of anilines is 1. The van der Waals surface area contributed by atoms with Crippen LogP contribution in [0.25, 0.3) is 11.1 Å². The van der Waals surface area contributed by atoms with Crippen molar-refractivity contribution >= 4 is 12.1 Å². The van der Waals surface area contributed by atoms with Gasteiger partial charge in [-0.1, -0.05) is 92.6 Å². The van der Waals surface area contributed by atoms with E-state index >= 15 is 0 Å². The average Bonchev–Trinajstić information content (AvgIpc) is 2.83. The quantitative estimate of drug-likeness (QED) is 0.147. The van der Waals surface area contributed by atoms with Crippen LogP contribution >= 0.6 is 0 Å². The van der Waals surface area contributed by atoms with Gasteiger partial charge in [0, 0.05) is 32.7 Å². The largest absolute Gasteiger partial charge is 2.00 e. The molecule has 0 saturated carbocycles. The third kappa shape index (κ3) is 14.6. The molecule has 0 aromatic heterocycles. The summed E-state index contributed by atoms with van der Waals surface area (Å²) in [5.74, 6) is 0. The van der Waals surface area contributed by atoms with Crippen molar-refractivity contribution in [2.75, 3.05) is 25.0 Å². The molecule has 1 radical (unpaired) electrons. The Morgan fingerprint density at radius 2 is 1.42 bits per heavy atom. The van der Waals surface area contributed by atoms with Gasteiger partial charge < -0.3 is 28.4 Å². The molecule has 0 bridgehead atoms. The van der Waals surface area contributed by atoms with E-state index in [9.17, 15) is 4.79 Å². The molecule has 5 heteroatoms. The Hall–Kier alpha value is -0.338. The van der Waals surface area contributed by atoms with Crippen molar-refractivity contribution in [1.29, 1.82) is 0 Å². The van der Waals surface area contributed by atoms with Crippen LogP contribution in [-0.2, 0) is 58.6 Å². The molecule has 33 heavy (non-hydrogen) atoms. The molecule has 1 N–H and O–H groups in total. The van der Waals surface area contributed by atoms with Crippen LogP contribution in [0.15, 0.2) is 54.6 Å². The van der Waals surface area contributed by atoms with E-state index in [2.05, 4.69) is 23.6 Å². The van der Waals surface area contributed by atoms with E-state index in [0.29, 0.717) is 0 Å². The minimum atomic E-state index is 0. The maximum absolute atomic E-state index is 10.3. The van der Waals surface area contributed by atoms with E-state index < -0.39 is 0 Å². The fraction of sp³-hybridized carbons (Fsp3) is 0.464. The van der Waals surface area contributed by atoms with Gasteiger partial charge in [0.15, 0.2) is 0 Å². The second kappa shape index (κ2) is 22.1. The van der Waals surface area contributed by atoms with Crippen molar-refractivity contribution in [1.82, 2.24) is 4.90 Å². The first-order valence-corrected chi connectivity index (χ1v) is 12.0. The third-order valence-electron chi connectivity index (χ3n) is 5.72. The minimum absolute atomic E-state index is 0. The number of hydrogen-bond donors (Lipinski definition) is 1. The SMILES string of the molecule is O=[C-]Nc1ccccc1-c1ccccc1.[CH2-]CCCCCCCCCN1CC[CH-]CC1.[W+2].[Y]. The van der Waals surface area contributed by atoms with Crippen LogP contribution in [0.2, 0.25) is 0 Å². The van der Waals surface area contributed by atoms with Crippen molar-refractivity contribution in [3.8, 4) is 11.1 Å². The Kier molecular flexibility index (Phi) is 21.9. The number of benzene rings is 2. The number of amides is 1. The van der Waals surface area contributed by atoms with Gasteiger partial charge in [0.2, 0.25) is 0 Å². The first-order valence-electron chi connectivity index (χ1n) is 12.0. The number of carbonyl (C=O) groups excluding carboxylic acids is 1. The maximum Gasteiger partial charge on any atom is 2.00 e. The average molecular weight is 692 g/mol. The Balaban J connectivity index is 0.000000586. The molecule has 0 aliphatic carbocycles. The van der Waals surface area contributed by atoms with Gasteiger partial charge in [-0.25, -0.2) is 0 Å². The minimum Gasteiger partial charge on any atom is -0.490 e. The van der Waals surface area contributed by atoms with Crippen LogP contribution in [0.4, 0.5) is 5.69 Å². The zero-order valence-electron chi connectivity index (χ0n) is 20.0. The predicted molar refractivity (Wildman–Crippen MR) is 133 cm³/mol. The van der Waals surface area contributed by atoms with Crippen LogP contribution in [-0.4, -0.2) is 30.9 Å². The number of nitrogens with zero attached hydrogens (tertiary/aromatic N) is 1. The second-order valence-electron chi connectivity index (χ2n) is 8.17. The number of likely N-dealkylation sites (tertiary alicyclic amines) is 1. The summed E-state index contributed by atoms with van der Waals surface area (Å²) in [4.78, 5) is 12.9. The van der Waals surface area contributed by atoms with Gasteiger partial charge in [-0.2, -0.15) is 19.3 Å². The van der Waals surface area contributed by atoms with E-state index in [1.807, 2.05) is 54.6 Å². The number of nitrogens with one attached hydrogen (secondary N) is 1. The first-order chi connectivity index (χ1) is 15.3. The smallest absolute Gasteiger partial charge is 0.490 e. The molecular formula is C28H39N2OWY-. The van der Waals surface area contributed by atoms with E-state index in [1.54, 1.807) is 6.41 Å². The molecule has 2 aromatic rings. The topological polar surface area (TPSA) is 32.3 Å². The van der Waals surface area contributed by atoms with Crippen molar-refractivity contribution in [2.24, 2.45) is 0 Å². The monoisotopic (exact) mass is 692 g/mol. The molecule has 1 fully saturated rings. The number of para-hydroxylation sites is 1. The van der Waals surface area contributed by atoms with Crippen LogP contribution in [0.1, 0.15) is 64.2 Å². The molecule has 1 aliphatic heterocycles. The maximum atomic E-state index is 10.3. The molecule has 1 amide bonds. The van der Waals surface area contributed by atoms with Crippen molar-refractivity contribution < 1.29 is 58.6 Å². The molecule has 0 unspecified atom stereocenters. The summed E-state index contributed by atoms with van der Waals surface area (Å²) in [5.41, 5.74) is 2.86. The third-order valence-corrected chi connectivity index (χ3v) is 5.72. The second-order valence-corrected chi connectivity index (χ2v) is 8.17. The van der Waals surface area contributed by atoms with E-state index in [0.717, 1.165) is 23.2 Å². The summed E-state index contributed by atoms with van der Waals surface area (Å²) in [6.07, 6.45) is 17.7. The van der Waals surface area contributed by atoms with Gasteiger partial charge >= 0.3 is 21.1 Å². The Labute approximate surface area is 242 Å². The summed E-state index contributed by atoms with van der Waals surface area (Å²) in [5, 5.41) is 2.57. The van der Waals surface area contributed by atoms with Crippen molar-refractivity contribution in [2.45, 2.75) is 64.2 Å². The fourth-order valence-corrected chi connectivity index (χ4v) is 3.94. The molecular weight excluding hydrogens is 653 g/mol. The van der Waals surface area contributed by atoms with Gasteiger partial charge in [0.05, 0.1) is 6.41 Å². The predicted octanol–water partition coefficient (Wildman–Crippen LogP) is 7.07. The van der Waals surface area contributed by atoms with Crippen molar-refractivity contribution in [3.05, 3.63) is 67.9 Å². The Morgan fingerprint density at radius 1 is 0.848 bits per heavy atom. The van der Waals surface area contributed by atoms with Crippen LogP contribution in [0.5, 0.6) is 0 Å². The van der Waals surface area contributed by atoms with Gasteiger partial charge in [-0.05, 0) is 31.6 Å². The molecule has 1 heterocycles. The standard InChI is InChI=1S/C15H29N.C13H10NO.W.Y/c1-2-3-4-5-6-7-8-10-13-16-14-11-9-12-15-16;15-10-14-13-9-5-4-8-12(13)11-6-2-1-3-7-11;;/h9H,1-8,10-15H2;1-9H,(H,14,15);;/q-2;-1;+2;. The van der Waals surface area contributed by atoms with Gasteiger partial charge in [-0.3, -0.25) is 0 Å². The molecule has 1 aliphatic rings. The Bertz CT molecular complexity index is 708. The zero-order chi connectivity index (χ0) is 22.0. The van der Waals surface area contributed by atoms with Gasteiger partial charge in [-0.15, -0.1) is 11.8 Å². The van der Waals surface area contributed by atoms with Crippen LogP contribution in [0.3, 0.4) is 0 Å².